The van der Waals surface area contributed by atoms with Crippen LogP contribution >= 0.6 is 0 Å². The zero-order valence-corrected chi connectivity index (χ0v) is 12.9. The molecule has 0 bridgehead atoms. The van der Waals surface area contributed by atoms with Gasteiger partial charge in [-0.05, 0) is 25.8 Å². The molecule has 0 radical (unpaired) electrons. The van der Waals surface area contributed by atoms with Crippen LogP contribution in [0.5, 0.6) is 0 Å². The van der Waals surface area contributed by atoms with E-state index in [0.717, 1.165) is 38.0 Å². The van der Waals surface area contributed by atoms with Crippen molar-refractivity contribution < 1.29 is 4.74 Å². The Morgan fingerprint density at radius 1 is 1.32 bits per heavy atom. The summed E-state index contributed by atoms with van der Waals surface area (Å²) < 4.78 is 7.87. The molecule has 0 saturated heterocycles. The number of nitrogens with one attached hydrogen (secondary N) is 1. The van der Waals surface area contributed by atoms with E-state index in [0.29, 0.717) is 0 Å². The van der Waals surface area contributed by atoms with Gasteiger partial charge in [0.05, 0.1) is 23.5 Å². The highest BCUT2D eigenvalue weighted by Crippen LogP contribution is 2.34. The second-order valence-corrected chi connectivity index (χ2v) is 4.85. The van der Waals surface area contributed by atoms with Gasteiger partial charge >= 0.3 is 0 Å². The molecule has 0 saturated carbocycles. The summed E-state index contributed by atoms with van der Waals surface area (Å²) in [5.41, 5.74) is 0.915. The average molecular weight is 268 g/mol. The Hall–Kier alpha value is -0.940. The quantitative estimate of drug-likeness (QED) is 0.748. The minimum Gasteiger partial charge on any atom is -0.376 e. The summed E-state index contributed by atoms with van der Waals surface area (Å²) >= 11 is 0. The third kappa shape index (κ3) is 3.34. The molecule has 0 amide bonds. The molecule has 1 heterocycles. The summed E-state index contributed by atoms with van der Waals surface area (Å²) in [5.74, 6) is 0. The highest BCUT2D eigenvalue weighted by molar-refractivity contribution is 5.10. The maximum Gasteiger partial charge on any atom is 0.0883 e. The minimum absolute atomic E-state index is 0.124. The fraction of sp³-hybridized carbons (Fsp3) is 0.857. The van der Waals surface area contributed by atoms with Crippen LogP contribution in [0.15, 0.2) is 6.20 Å². The standard InChI is InChI=1S/C14H28N4O/c1-6-10-18-12(11-16-17-18)13(15-9-4)14(7-2,8-3)19-5/h11,13,15H,6-10H2,1-5H3. The number of nitrogens with zero attached hydrogens (tertiary/aromatic N) is 3. The summed E-state index contributed by atoms with van der Waals surface area (Å²) in [7, 11) is 1.80. The van der Waals surface area contributed by atoms with Crippen molar-refractivity contribution >= 4 is 0 Å². The Bertz CT molecular complexity index is 352. The molecular formula is C14H28N4O. The summed E-state index contributed by atoms with van der Waals surface area (Å²) in [4.78, 5) is 0. The normalized spacial score (nSPS) is 13.7. The highest BCUT2D eigenvalue weighted by atomic mass is 16.5. The van der Waals surface area contributed by atoms with Crippen LogP contribution in [-0.4, -0.2) is 34.2 Å². The van der Waals surface area contributed by atoms with Gasteiger partial charge in [0, 0.05) is 13.7 Å². The van der Waals surface area contributed by atoms with Crippen molar-refractivity contribution in [3.8, 4) is 0 Å². The van der Waals surface area contributed by atoms with E-state index in [1.165, 1.54) is 0 Å². The van der Waals surface area contributed by atoms with E-state index in [9.17, 15) is 0 Å². The fourth-order valence-corrected chi connectivity index (χ4v) is 2.70. The monoisotopic (exact) mass is 268 g/mol. The van der Waals surface area contributed by atoms with Crippen LogP contribution in [0.4, 0.5) is 0 Å². The van der Waals surface area contributed by atoms with Gasteiger partial charge in [-0.2, -0.15) is 0 Å². The molecule has 0 aromatic carbocycles. The van der Waals surface area contributed by atoms with Crippen LogP contribution in [-0.2, 0) is 11.3 Å². The molecule has 1 N–H and O–H groups in total. The lowest BCUT2D eigenvalue weighted by molar-refractivity contribution is -0.0503. The Morgan fingerprint density at radius 2 is 2.00 bits per heavy atom. The van der Waals surface area contributed by atoms with Gasteiger partial charge in [0.2, 0.25) is 0 Å². The van der Waals surface area contributed by atoms with Gasteiger partial charge in [-0.15, -0.1) is 5.10 Å². The molecular weight excluding hydrogens is 240 g/mol. The summed E-state index contributed by atoms with van der Waals surface area (Å²) in [6.07, 6.45) is 4.82. The van der Waals surface area contributed by atoms with Gasteiger partial charge in [0.15, 0.2) is 0 Å². The van der Waals surface area contributed by atoms with Crippen molar-refractivity contribution in [2.24, 2.45) is 0 Å². The molecule has 5 heteroatoms. The smallest absolute Gasteiger partial charge is 0.0883 e. The second-order valence-electron chi connectivity index (χ2n) is 4.85. The van der Waals surface area contributed by atoms with Crippen molar-refractivity contribution in [1.29, 1.82) is 0 Å². The first-order chi connectivity index (χ1) is 9.18. The number of aromatic nitrogens is 3. The molecule has 0 aliphatic carbocycles. The van der Waals surface area contributed by atoms with Gasteiger partial charge in [-0.3, -0.25) is 0 Å². The van der Waals surface area contributed by atoms with Gasteiger partial charge in [-0.1, -0.05) is 32.9 Å². The molecule has 110 valence electrons. The largest absolute Gasteiger partial charge is 0.376 e. The predicted octanol–water partition coefficient (Wildman–Crippen LogP) is 2.54. The number of likely N-dealkylation sites (N-methyl/N-ethyl adjacent to an activating group) is 1. The van der Waals surface area contributed by atoms with E-state index in [4.69, 9.17) is 4.74 Å². The molecule has 1 aromatic rings. The molecule has 0 aliphatic rings. The minimum atomic E-state index is -0.205. The zero-order chi connectivity index (χ0) is 14.3. The molecule has 19 heavy (non-hydrogen) atoms. The molecule has 5 nitrogen and oxygen atoms in total. The number of hydrogen-bond donors (Lipinski definition) is 1. The van der Waals surface area contributed by atoms with E-state index in [2.05, 4.69) is 43.3 Å². The van der Waals surface area contributed by atoms with Crippen molar-refractivity contribution in [2.75, 3.05) is 13.7 Å². The molecule has 1 rings (SSSR count). The van der Waals surface area contributed by atoms with E-state index >= 15 is 0 Å². The summed E-state index contributed by atoms with van der Waals surface area (Å²) in [6.45, 7) is 10.4. The van der Waals surface area contributed by atoms with Gasteiger partial charge in [-0.25, -0.2) is 4.68 Å². The lowest BCUT2D eigenvalue weighted by Crippen LogP contribution is -2.45. The molecule has 0 aliphatic heterocycles. The SMILES string of the molecule is CCCn1nncc1C(NCC)C(CC)(CC)OC. The second kappa shape index (κ2) is 7.60. The van der Waals surface area contributed by atoms with E-state index in [1.54, 1.807) is 7.11 Å². The zero-order valence-electron chi connectivity index (χ0n) is 12.9. The lowest BCUT2D eigenvalue weighted by Gasteiger charge is -2.38. The number of rotatable bonds is 9. The molecule has 0 fully saturated rings. The van der Waals surface area contributed by atoms with Crippen LogP contribution in [0.3, 0.4) is 0 Å². The van der Waals surface area contributed by atoms with E-state index in [1.807, 2.05) is 10.9 Å². The fourth-order valence-electron chi connectivity index (χ4n) is 2.70. The van der Waals surface area contributed by atoms with E-state index < -0.39 is 0 Å². The molecule has 1 aromatic heterocycles. The van der Waals surface area contributed by atoms with Crippen LogP contribution < -0.4 is 5.32 Å². The first kappa shape index (κ1) is 16.1. The molecule has 0 spiro atoms. The van der Waals surface area contributed by atoms with Crippen LogP contribution in [0.25, 0.3) is 0 Å². The van der Waals surface area contributed by atoms with Crippen LogP contribution in [0, 0.1) is 0 Å². The summed E-state index contributed by atoms with van der Waals surface area (Å²) in [5, 5.41) is 11.8. The summed E-state index contributed by atoms with van der Waals surface area (Å²) in [6, 6.07) is 0.124. The average Bonchev–Trinajstić information content (AvgIpc) is 2.88. The van der Waals surface area contributed by atoms with Crippen molar-refractivity contribution in [2.45, 2.75) is 65.1 Å². The Morgan fingerprint density at radius 3 is 2.47 bits per heavy atom. The van der Waals surface area contributed by atoms with Crippen molar-refractivity contribution in [3.05, 3.63) is 11.9 Å². The topological polar surface area (TPSA) is 52.0 Å². The van der Waals surface area contributed by atoms with Gasteiger partial charge in [0.1, 0.15) is 0 Å². The Kier molecular flexibility index (Phi) is 6.45. The number of methoxy groups -OCH3 is 1. The predicted molar refractivity (Wildman–Crippen MR) is 77.1 cm³/mol. The number of aryl methyl sites for hydroxylation is 1. The van der Waals surface area contributed by atoms with Crippen LogP contribution in [0.1, 0.15) is 58.7 Å². The Balaban J connectivity index is 3.14. The van der Waals surface area contributed by atoms with Crippen molar-refractivity contribution in [3.63, 3.8) is 0 Å². The Labute approximate surface area is 116 Å². The van der Waals surface area contributed by atoms with Crippen LogP contribution in [0.2, 0.25) is 0 Å². The maximum atomic E-state index is 5.88. The number of hydrogen-bond acceptors (Lipinski definition) is 4. The third-order valence-electron chi connectivity index (χ3n) is 3.92. The lowest BCUT2D eigenvalue weighted by atomic mass is 9.86. The van der Waals surface area contributed by atoms with Gasteiger partial charge < -0.3 is 10.1 Å². The first-order valence-corrected chi connectivity index (χ1v) is 7.35. The first-order valence-electron chi connectivity index (χ1n) is 7.35. The van der Waals surface area contributed by atoms with E-state index in [-0.39, 0.29) is 11.6 Å². The molecule has 1 atom stereocenters. The third-order valence-corrected chi connectivity index (χ3v) is 3.92. The maximum absolute atomic E-state index is 5.88. The molecule has 1 unspecified atom stereocenters. The van der Waals surface area contributed by atoms with Gasteiger partial charge in [0.25, 0.3) is 0 Å². The highest BCUT2D eigenvalue weighted by Gasteiger charge is 2.38. The number of ether oxygens (including phenoxy) is 1. The van der Waals surface area contributed by atoms with Crippen molar-refractivity contribution in [1.82, 2.24) is 20.3 Å².